The van der Waals surface area contributed by atoms with Crippen LogP contribution < -0.4 is 14.4 Å². The lowest BCUT2D eigenvalue weighted by atomic mass is 10.1. The fourth-order valence-electron chi connectivity index (χ4n) is 3.90. The van der Waals surface area contributed by atoms with Crippen molar-refractivity contribution in [2.75, 3.05) is 24.8 Å². The molecule has 0 bridgehead atoms. The van der Waals surface area contributed by atoms with E-state index in [1.165, 1.54) is 5.56 Å². The molecule has 0 aliphatic carbocycles. The number of carbonyl (C=O) groups excluding carboxylic acids is 1. The van der Waals surface area contributed by atoms with Gasteiger partial charge in [0.25, 0.3) is 5.91 Å². The molecule has 0 N–H and O–H groups in total. The van der Waals surface area contributed by atoms with E-state index in [9.17, 15) is 4.79 Å². The van der Waals surface area contributed by atoms with Crippen LogP contribution in [0.5, 0.6) is 11.5 Å². The zero-order valence-electron chi connectivity index (χ0n) is 16.4. The SMILES string of the molecule is Cc1cc(C)c2nc(N(CC3CCCO3)C(=O)c3ccc4c(c3)OCO4)sc2c1. The van der Waals surface area contributed by atoms with Crippen molar-refractivity contribution >= 4 is 32.6 Å². The van der Waals surface area contributed by atoms with Crippen LogP contribution in [0.1, 0.15) is 34.3 Å². The predicted octanol–water partition coefficient (Wildman–Crippen LogP) is 4.47. The van der Waals surface area contributed by atoms with Crippen LogP contribution in [0.25, 0.3) is 10.2 Å². The standard InChI is InChI=1S/C22H22N2O4S/c1-13-8-14(2)20-19(9-13)29-22(23-20)24(11-16-4-3-7-26-16)21(25)15-5-6-17-18(10-15)28-12-27-17/h5-6,8-10,16H,3-4,7,11-12H2,1-2H3. The minimum Gasteiger partial charge on any atom is -0.454 e. The normalized spacial score (nSPS) is 17.8. The van der Waals surface area contributed by atoms with Gasteiger partial charge < -0.3 is 14.2 Å². The molecule has 3 heterocycles. The van der Waals surface area contributed by atoms with Gasteiger partial charge in [-0.05, 0) is 62.1 Å². The number of hydrogen-bond acceptors (Lipinski definition) is 6. The number of aromatic nitrogens is 1. The minimum absolute atomic E-state index is 0.0304. The highest BCUT2D eigenvalue weighted by Crippen LogP contribution is 2.36. The van der Waals surface area contributed by atoms with Crippen LogP contribution in [0, 0.1) is 13.8 Å². The second kappa shape index (κ2) is 7.31. The van der Waals surface area contributed by atoms with Gasteiger partial charge in [0.15, 0.2) is 16.6 Å². The van der Waals surface area contributed by atoms with Crippen LogP contribution >= 0.6 is 11.3 Å². The summed E-state index contributed by atoms with van der Waals surface area (Å²) < 4.78 is 17.7. The molecule has 1 amide bonds. The van der Waals surface area contributed by atoms with Gasteiger partial charge in [-0.1, -0.05) is 17.4 Å². The van der Waals surface area contributed by atoms with Gasteiger partial charge in [0.1, 0.15) is 0 Å². The molecule has 1 unspecified atom stereocenters. The summed E-state index contributed by atoms with van der Waals surface area (Å²) in [5.41, 5.74) is 3.82. The van der Waals surface area contributed by atoms with Crippen molar-refractivity contribution in [3.8, 4) is 11.5 Å². The van der Waals surface area contributed by atoms with E-state index < -0.39 is 0 Å². The van der Waals surface area contributed by atoms with Gasteiger partial charge in [-0.15, -0.1) is 0 Å². The first-order valence-electron chi connectivity index (χ1n) is 9.79. The van der Waals surface area contributed by atoms with Crippen molar-refractivity contribution in [2.24, 2.45) is 0 Å². The summed E-state index contributed by atoms with van der Waals surface area (Å²) in [6.45, 7) is 5.56. The number of benzene rings is 2. The Morgan fingerprint density at radius 3 is 2.90 bits per heavy atom. The molecule has 150 valence electrons. The number of hydrogen-bond donors (Lipinski definition) is 0. The van der Waals surface area contributed by atoms with E-state index in [1.807, 2.05) is 0 Å². The van der Waals surface area contributed by atoms with Crippen molar-refractivity contribution in [3.63, 3.8) is 0 Å². The average Bonchev–Trinajstić information content (AvgIpc) is 3.44. The number of aryl methyl sites for hydroxylation is 2. The highest BCUT2D eigenvalue weighted by molar-refractivity contribution is 7.22. The molecule has 1 atom stereocenters. The molecule has 3 aromatic rings. The quantitative estimate of drug-likeness (QED) is 0.635. The smallest absolute Gasteiger partial charge is 0.260 e. The molecule has 2 aromatic carbocycles. The zero-order valence-corrected chi connectivity index (χ0v) is 17.3. The summed E-state index contributed by atoms with van der Waals surface area (Å²) in [7, 11) is 0. The Balaban J connectivity index is 1.54. The number of anilines is 1. The number of carbonyl (C=O) groups is 1. The molecule has 6 nitrogen and oxygen atoms in total. The van der Waals surface area contributed by atoms with Gasteiger partial charge in [0, 0.05) is 12.2 Å². The van der Waals surface area contributed by atoms with Gasteiger partial charge >= 0.3 is 0 Å². The van der Waals surface area contributed by atoms with Crippen molar-refractivity contribution < 1.29 is 19.0 Å². The Bertz CT molecular complexity index is 1090. The maximum absolute atomic E-state index is 13.5. The summed E-state index contributed by atoms with van der Waals surface area (Å²) in [5.74, 6) is 1.16. The van der Waals surface area contributed by atoms with E-state index in [-0.39, 0.29) is 18.8 Å². The number of rotatable bonds is 4. The molecule has 29 heavy (non-hydrogen) atoms. The third-order valence-corrected chi connectivity index (χ3v) is 6.35. The molecule has 7 heteroatoms. The fraction of sp³-hybridized carbons (Fsp3) is 0.364. The fourth-order valence-corrected chi connectivity index (χ4v) is 5.05. The van der Waals surface area contributed by atoms with E-state index in [4.69, 9.17) is 19.2 Å². The van der Waals surface area contributed by atoms with Crippen LogP contribution in [-0.2, 0) is 4.74 Å². The zero-order chi connectivity index (χ0) is 20.0. The lowest BCUT2D eigenvalue weighted by Crippen LogP contribution is -2.37. The van der Waals surface area contributed by atoms with E-state index in [0.29, 0.717) is 28.7 Å². The summed E-state index contributed by atoms with van der Waals surface area (Å²) in [4.78, 5) is 20.1. The molecule has 0 spiro atoms. The molecule has 0 radical (unpaired) electrons. The molecule has 2 aliphatic rings. The lowest BCUT2D eigenvalue weighted by molar-refractivity contribution is 0.0917. The maximum atomic E-state index is 13.5. The van der Waals surface area contributed by atoms with E-state index >= 15 is 0 Å². The molecule has 5 rings (SSSR count). The van der Waals surface area contributed by atoms with Crippen molar-refractivity contribution in [1.82, 2.24) is 4.98 Å². The summed E-state index contributed by atoms with van der Waals surface area (Å²) in [6, 6.07) is 9.55. The number of amides is 1. The van der Waals surface area contributed by atoms with Gasteiger partial charge in [-0.3, -0.25) is 9.69 Å². The molecular formula is C22H22N2O4S. The molecule has 0 saturated carbocycles. The van der Waals surface area contributed by atoms with Gasteiger partial charge in [0.2, 0.25) is 6.79 Å². The van der Waals surface area contributed by atoms with E-state index in [2.05, 4.69) is 26.0 Å². The maximum Gasteiger partial charge on any atom is 0.260 e. The monoisotopic (exact) mass is 410 g/mol. The Morgan fingerprint density at radius 1 is 1.21 bits per heavy atom. The average molecular weight is 410 g/mol. The Morgan fingerprint density at radius 2 is 2.07 bits per heavy atom. The number of ether oxygens (including phenoxy) is 3. The predicted molar refractivity (Wildman–Crippen MR) is 112 cm³/mol. The number of thiazole rings is 1. The first-order chi connectivity index (χ1) is 14.1. The lowest BCUT2D eigenvalue weighted by Gasteiger charge is -2.23. The number of nitrogens with zero attached hydrogens (tertiary/aromatic N) is 2. The summed E-state index contributed by atoms with van der Waals surface area (Å²) in [6.07, 6.45) is 2.01. The van der Waals surface area contributed by atoms with Crippen molar-refractivity contribution in [1.29, 1.82) is 0 Å². The molecule has 2 aliphatic heterocycles. The van der Waals surface area contributed by atoms with Crippen LogP contribution in [0.4, 0.5) is 5.13 Å². The van der Waals surface area contributed by atoms with Gasteiger partial charge in [-0.25, -0.2) is 4.98 Å². The van der Waals surface area contributed by atoms with Crippen molar-refractivity contribution in [2.45, 2.75) is 32.8 Å². The minimum atomic E-state index is -0.104. The third-order valence-electron chi connectivity index (χ3n) is 5.32. The highest BCUT2D eigenvalue weighted by Gasteiger charge is 2.28. The molecule has 1 saturated heterocycles. The highest BCUT2D eigenvalue weighted by atomic mass is 32.1. The molecular weight excluding hydrogens is 388 g/mol. The second-order valence-corrected chi connectivity index (χ2v) is 8.55. The van der Waals surface area contributed by atoms with Crippen LogP contribution in [-0.4, -0.2) is 36.9 Å². The van der Waals surface area contributed by atoms with E-state index in [0.717, 1.165) is 35.2 Å². The van der Waals surface area contributed by atoms with Crippen LogP contribution in [0.15, 0.2) is 30.3 Å². The molecule has 1 aromatic heterocycles. The largest absolute Gasteiger partial charge is 0.454 e. The number of fused-ring (bicyclic) bond motifs is 2. The first kappa shape index (κ1) is 18.4. The van der Waals surface area contributed by atoms with Crippen molar-refractivity contribution in [3.05, 3.63) is 47.0 Å². The van der Waals surface area contributed by atoms with Gasteiger partial charge in [-0.2, -0.15) is 0 Å². The second-order valence-electron chi connectivity index (χ2n) is 7.54. The Kier molecular flexibility index (Phi) is 4.64. The third kappa shape index (κ3) is 3.45. The Labute approximate surface area is 173 Å². The van der Waals surface area contributed by atoms with Crippen LogP contribution in [0.2, 0.25) is 0 Å². The first-order valence-corrected chi connectivity index (χ1v) is 10.6. The van der Waals surface area contributed by atoms with Crippen LogP contribution in [0.3, 0.4) is 0 Å². The topological polar surface area (TPSA) is 60.9 Å². The summed E-state index contributed by atoms with van der Waals surface area (Å²) in [5, 5.41) is 0.701. The summed E-state index contributed by atoms with van der Waals surface area (Å²) >= 11 is 1.55. The van der Waals surface area contributed by atoms with Gasteiger partial charge in [0.05, 0.1) is 22.9 Å². The Hall–Kier alpha value is -2.64. The molecule has 1 fully saturated rings. The van der Waals surface area contributed by atoms with E-state index in [1.54, 1.807) is 34.4 Å².